The Bertz CT molecular complexity index is 542. The Morgan fingerprint density at radius 2 is 2.33 bits per heavy atom. The van der Waals surface area contributed by atoms with Crippen LogP contribution in [0.25, 0.3) is 0 Å². The van der Waals surface area contributed by atoms with E-state index in [2.05, 4.69) is 38.3 Å². The van der Waals surface area contributed by atoms with Crippen LogP contribution >= 0.6 is 34.2 Å². The van der Waals surface area contributed by atoms with E-state index in [4.69, 9.17) is 17.4 Å². The van der Waals surface area contributed by atoms with Gasteiger partial charge in [-0.3, -0.25) is 16.0 Å². The van der Waals surface area contributed by atoms with E-state index < -0.39 is 0 Å². The molecule has 2 rings (SSSR count). The summed E-state index contributed by atoms with van der Waals surface area (Å²) in [5, 5.41) is 8.68. The molecule has 7 heteroatoms. The predicted octanol–water partition coefficient (Wildman–Crippen LogP) is 1.82. The van der Waals surface area contributed by atoms with Gasteiger partial charge in [0, 0.05) is 23.2 Å². The molecule has 0 saturated heterocycles. The molecule has 0 aliphatic rings. The zero-order valence-corrected chi connectivity index (χ0v) is 12.7. The molecule has 0 aliphatic carbocycles. The summed E-state index contributed by atoms with van der Waals surface area (Å²) < 4.78 is 2.69. The molecule has 96 valence electrons. The van der Waals surface area contributed by atoms with Crippen molar-refractivity contribution in [3.8, 4) is 0 Å². The van der Waals surface area contributed by atoms with Gasteiger partial charge < -0.3 is 0 Å². The fraction of sp³-hybridized carbons (Fsp3) is 0.273. The van der Waals surface area contributed by atoms with E-state index in [9.17, 15) is 0 Å². The van der Waals surface area contributed by atoms with Crippen molar-refractivity contribution in [1.29, 1.82) is 0 Å². The molecule has 1 heterocycles. The zero-order chi connectivity index (χ0) is 13.1. The molecule has 0 radical (unpaired) electrons. The number of hydrogen-bond acceptors (Lipinski definition) is 4. The summed E-state index contributed by atoms with van der Waals surface area (Å²) in [6, 6.07) is 5.87. The van der Waals surface area contributed by atoms with E-state index in [1.165, 1.54) is 0 Å². The number of halogens is 2. The molecule has 2 aromatic rings. The van der Waals surface area contributed by atoms with Crippen molar-refractivity contribution in [2.24, 2.45) is 12.9 Å². The molecule has 5 nitrogen and oxygen atoms in total. The summed E-state index contributed by atoms with van der Waals surface area (Å²) >= 11 is 8.31. The van der Waals surface area contributed by atoms with Crippen LogP contribution in [0.4, 0.5) is 0 Å². The first-order valence-electron chi connectivity index (χ1n) is 5.36. The second-order valence-corrected chi connectivity index (χ2v) is 5.55. The average molecular weight is 378 g/mol. The molecule has 0 amide bonds. The highest BCUT2D eigenvalue weighted by Crippen LogP contribution is 2.24. The van der Waals surface area contributed by atoms with Crippen LogP contribution in [0.15, 0.2) is 24.4 Å². The van der Waals surface area contributed by atoms with E-state index in [-0.39, 0.29) is 6.04 Å². The monoisotopic (exact) mass is 377 g/mol. The quantitative estimate of drug-likeness (QED) is 0.484. The highest BCUT2D eigenvalue weighted by atomic mass is 127. The number of nitrogens with one attached hydrogen (secondary N) is 1. The largest absolute Gasteiger partial charge is 0.271 e. The van der Waals surface area contributed by atoms with Crippen molar-refractivity contribution in [1.82, 2.24) is 20.4 Å². The van der Waals surface area contributed by atoms with Gasteiger partial charge in [-0.2, -0.15) is 0 Å². The molecule has 3 N–H and O–H groups in total. The maximum absolute atomic E-state index is 6.11. The van der Waals surface area contributed by atoms with Crippen molar-refractivity contribution in [3.05, 3.63) is 44.2 Å². The van der Waals surface area contributed by atoms with E-state index in [0.29, 0.717) is 6.42 Å². The van der Waals surface area contributed by atoms with E-state index in [0.717, 1.165) is 19.9 Å². The Morgan fingerprint density at radius 3 is 2.89 bits per heavy atom. The standard InChI is InChI=1S/C11H13ClIN5/c1-18-6-8(16-17-18)5-11(15-14)7-2-3-10(13)9(12)4-7/h2-4,6,11,15H,5,14H2,1H3. The van der Waals surface area contributed by atoms with Crippen LogP contribution in [0.1, 0.15) is 17.3 Å². The zero-order valence-electron chi connectivity index (χ0n) is 9.77. The minimum Gasteiger partial charge on any atom is -0.271 e. The summed E-state index contributed by atoms with van der Waals surface area (Å²) in [5.74, 6) is 5.60. The van der Waals surface area contributed by atoms with Crippen molar-refractivity contribution >= 4 is 34.2 Å². The number of hydrogen-bond donors (Lipinski definition) is 2. The maximum Gasteiger partial charge on any atom is 0.0846 e. The topological polar surface area (TPSA) is 68.8 Å². The van der Waals surface area contributed by atoms with Gasteiger partial charge in [0.05, 0.1) is 16.8 Å². The first kappa shape index (κ1) is 13.7. The number of rotatable bonds is 4. The van der Waals surface area contributed by atoms with Gasteiger partial charge in [0.25, 0.3) is 0 Å². The molecule has 1 aromatic heterocycles. The first-order chi connectivity index (χ1) is 8.60. The molecular formula is C11H13ClIN5. The number of benzene rings is 1. The third kappa shape index (κ3) is 3.19. The van der Waals surface area contributed by atoms with Crippen molar-refractivity contribution in [3.63, 3.8) is 0 Å². The lowest BCUT2D eigenvalue weighted by Crippen LogP contribution is -2.29. The Balaban J connectivity index is 2.19. The smallest absolute Gasteiger partial charge is 0.0846 e. The van der Waals surface area contributed by atoms with Crippen LogP contribution in [0.2, 0.25) is 5.02 Å². The summed E-state index contributed by atoms with van der Waals surface area (Å²) in [5.41, 5.74) is 4.70. The van der Waals surface area contributed by atoms with Crippen molar-refractivity contribution in [2.75, 3.05) is 0 Å². The Morgan fingerprint density at radius 1 is 1.56 bits per heavy atom. The van der Waals surface area contributed by atoms with Gasteiger partial charge in [0.2, 0.25) is 0 Å². The van der Waals surface area contributed by atoms with E-state index in [1.807, 2.05) is 31.4 Å². The number of hydrazine groups is 1. The third-order valence-electron chi connectivity index (χ3n) is 2.61. The van der Waals surface area contributed by atoms with Crippen LogP contribution in [0, 0.1) is 3.57 Å². The number of aryl methyl sites for hydroxylation is 1. The molecule has 0 saturated carbocycles. The lowest BCUT2D eigenvalue weighted by Gasteiger charge is -2.15. The summed E-state index contributed by atoms with van der Waals surface area (Å²) in [6.45, 7) is 0. The van der Waals surface area contributed by atoms with Gasteiger partial charge in [0.1, 0.15) is 0 Å². The highest BCUT2D eigenvalue weighted by molar-refractivity contribution is 14.1. The second-order valence-electron chi connectivity index (χ2n) is 3.98. The van der Waals surface area contributed by atoms with Gasteiger partial charge in [-0.25, -0.2) is 0 Å². The number of aromatic nitrogens is 3. The molecule has 0 bridgehead atoms. The number of nitrogens with zero attached hydrogens (tertiary/aromatic N) is 3. The molecule has 0 aliphatic heterocycles. The van der Waals surface area contributed by atoms with Crippen LogP contribution in [0.5, 0.6) is 0 Å². The molecule has 1 unspecified atom stereocenters. The summed E-state index contributed by atoms with van der Waals surface area (Å²) in [4.78, 5) is 0. The SMILES string of the molecule is Cn1cc(CC(NN)c2ccc(I)c(Cl)c2)nn1. The lowest BCUT2D eigenvalue weighted by molar-refractivity contribution is 0.545. The van der Waals surface area contributed by atoms with Gasteiger partial charge in [-0.1, -0.05) is 22.9 Å². The Hall–Kier alpha value is -0.700. The summed E-state index contributed by atoms with van der Waals surface area (Å²) in [6.07, 6.45) is 2.54. The van der Waals surface area contributed by atoms with Crippen LogP contribution in [0.3, 0.4) is 0 Å². The molecule has 1 aromatic carbocycles. The molecule has 18 heavy (non-hydrogen) atoms. The van der Waals surface area contributed by atoms with E-state index in [1.54, 1.807) is 4.68 Å². The van der Waals surface area contributed by atoms with Crippen LogP contribution in [-0.2, 0) is 13.5 Å². The first-order valence-corrected chi connectivity index (χ1v) is 6.82. The highest BCUT2D eigenvalue weighted by Gasteiger charge is 2.13. The van der Waals surface area contributed by atoms with Crippen molar-refractivity contribution in [2.45, 2.75) is 12.5 Å². The van der Waals surface area contributed by atoms with Crippen LogP contribution < -0.4 is 11.3 Å². The maximum atomic E-state index is 6.11. The van der Waals surface area contributed by atoms with Gasteiger partial charge in [-0.15, -0.1) is 5.10 Å². The van der Waals surface area contributed by atoms with Gasteiger partial charge in [0.15, 0.2) is 0 Å². The Labute approximate surface area is 124 Å². The third-order valence-corrected chi connectivity index (χ3v) is 4.18. The second kappa shape index (κ2) is 5.96. The average Bonchev–Trinajstić information content (AvgIpc) is 2.75. The predicted molar refractivity (Wildman–Crippen MR) is 78.9 cm³/mol. The van der Waals surface area contributed by atoms with Crippen molar-refractivity contribution < 1.29 is 0 Å². The lowest BCUT2D eigenvalue weighted by atomic mass is 10.0. The Kier molecular flexibility index (Phi) is 4.55. The fourth-order valence-corrected chi connectivity index (χ4v) is 2.22. The molecular weight excluding hydrogens is 365 g/mol. The van der Waals surface area contributed by atoms with Crippen LogP contribution in [-0.4, -0.2) is 15.0 Å². The minimum absolute atomic E-state index is 0.0313. The number of nitrogens with two attached hydrogens (primary N) is 1. The summed E-state index contributed by atoms with van der Waals surface area (Å²) in [7, 11) is 1.84. The van der Waals surface area contributed by atoms with E-state index >= 15 is 0 Å². The minimum atomic E-state index is -0.0313. The molecule has 0 fully saturated rings. The fourth-order valence-electron chi connectivity index (χ4n) is 1.70. The molecule has 0 spiro atoms. The van der Waals surface area contributed by atoms with Gasteiger partial charge >= 0.3 is 0 Å². The normalized spacial score (nSPS) is 12.7. The van der Waals surface area contributed by atoms with Gasteiger partial charge in [-0.05, 0) is 40.3 Å². The molecule has 1 atom stereocenters.